The van der Waals surface area contributed by atoms with E-state index in [1.54, 1.807) is 4.88 Å². The van der Waals surface area contributed by atoms with Gasteiger partial charge in [-0.05, 0) is 58.0 Å². The van der Waals surface area contributed by atoms with Crippen molar-refractivity contribution in [2.24, 2.45) is 5.92 Å². The van der Waals surface area contributed by atoms with Crippen LogP contribution in [0.4, 0.5) is 0 Å². The van der Waals surface area contributed by atoms with Crippen LogP contribution in [0.1, 0.15) is 53.6 Å². The van der Waals surface area contributed by atoms with Crippen LogP contribution < -0.4 is 5.32 Å². The molecule has 0 bridgehead atoms. The zero-order valence-corrected chi connectivity index (χ0v) is 11.5. The molecule has 17 heavy (non-hydrogen) atoms. The van der Waals surface area contributed by atoms with E-state index < -0.39 is 0 Å². The van der Waals surface area contributed by atoms with Gasteiger partial charge in [0.05, 0.1) is 10.7 Å². The summed E-state index contributed by atoms with van der Waals surface area (Å²) < 4.78 is 0. The Bertz CT molecular complexity index is 376. The van der Waals surface area contributed by atoms with Gasteiger partial charge in [-0.2, -0.15) is 0 Å². The molecule has 0 amide bonds. The molecular weight excluding hydrogens is 228 g/mol. The van der Waals surface area contributed by atoms with Gasteiger partial charge in [-0.1, -0.05) is 6.42 Å². The number of aromatic nitrogens is 1. The summed E-state index contributed by atoms with van der Waals surface area (Å²) in [7, 11) is 0. The first-order valence-corrected chi connectivity index (χ1v) is 7.81. The highest BCUT2D eigenvalue weighted by Crippen LogP contribution is 2.39. The fourth-order valence-electron chi connectivity index (χ4n) is 2.83. The zero-order valence-electron chi connectivity index (χ0n) is 10.7. The normalized spacial score (nSPS) is 25.8. The number of hydrogen-bond donors (Lipinski definition) is 1. The van der Waals surface area contributed by atoms with E-state index in [2.05, 4.69) is 12.2 Å². The Morgan fingerprint density at radius 2 is 2.18 bits per heavy atom. The van der Waals surface area contributed by atoms with Crippen molar-refractivity contribution in [2.45, 2.75) is 51.4 Å². The third-order valence-corrected chi connectivity index (χ3v) is 5.58. The van der Waals surface area contributed by atoms with Crippen LogP contribution >= 0.6 is 11.3 Å². The molecule has 1 saturated carbocycles. The van der Waals surface area contributed by atoms with Gasteiger partial charge in [-0.15, -0.1) is 11.3 Å². The van der Waals surface area contributed by atoms with Crippen LogP contribution in [-0.4, -0.2) is 18.1 Å². The molecule has 1 aliphatic heterocycles. The van der Waals surface area contributed by atoms with E-state index in [0.717, 1.165) is 11.8 Å². The summed E-state index contributed by atoms with van der Waals surface area (Å²) in [5, 5.41) is 4.93. The van der Waals surface area contributed by atoms with Crippen molar-refractivity contribution in [1.82, 2.24) is 10.3 Å². The predicted molar refractivity (Wildman–Crippen MR) is 72.7 cm³/mol. The maximum atomic E-state index is 4.80. The standard InChI is InChI=1S/C14H22N2S/c1-10-13(8-11-4-3-7-15-9-11)17-14(16-10)12-5-2-6-12/h11-12,15H,2-9H2,1H3. The summed E-state index contributed by atoms with van der Waals surface area (Å²) >= 11 is 2.00. The minimum absolute atomic E-state index is 0.803. The second kappa shape index (κ2) is 5.07. The molecule has 1 saturated heterocycles. The van der Waals surface area contributed by atoms with Crippen LogP contribution in [-0.2, 0) is 6.42 Å². The molecule has 0 radical (unpaired) electrons. The Morgan fingerprint density at radius 1 is 1.29 bits per heavy atom. The van der Waals surface area contributed by atoms with Gasteiger partial charge in [0.2, 0.25) is 0 Å². The zero-order chi connectivity index (χ0) is 11.7. The molecule has 1 unspecified atom stereocenters. The summed E-state index contributed by atoms with van der Waals surface area (Å²) in [6.45, 7) is 4.62. The summed E-state index contributed by atoms with van der Waals surface area (Å²) in [6, 6.07) is 0. The SMILES string of the molecule is Cc1nc(C2CCC2)sc1CC1CCCNC1. The third kappa shape index (κ3) is 2.55. The molecule has 1 N–H and O–H groups in total. The van der Waals surface area contributed by atoms with E-state index in [4.69, 9.17) is 4.98 Å². The largest absolute Gasteiger partial charge is 0.316 e. The van der Waals surface area contributed by atoms with Gasteiger partial charge in [-0.25, -0.2) is 4.98 Å². The molecule has 2 aliphatic rings. The van der Waals surface area contributed by atoms with Crippen LogP contribution in [0.5, 0.6) is 0 Å². The molecule has 3 heteroatoms. The van der Waals surface area contributed by atoms with Gasteiger partial charge >= 0.3 is 0 Å². The molecule has 3 rings (SSSR count). The lowest BCUT2D eigenvalue weighted by molar-refractivity contribution is 0.377. The van der Waals surface area contributed by atoms with Crippen LogP contribution in [0.2, 0.25) is 0 Å². The minimum atomic E-state index is 0.803. The summed E-state index contributed by atoms with van der Waals surface area (Å²) in [4.78, 5) is 6.35. The fraction of sp³-hybridized carbons (Fsp3) is 0.786. The lowest BCUT2D eigenvalue weighted by Crippen LogP contribution is -2.30. The van der Waals surface area contributed by atoms with Crippen molar-refractivity contribution in [3.05, 3.63) is 15.6 Å². The number of rotatable bonds is 3. The number of aryl methyl sites for hydroxylation is 1. The summed E-state index contributed by atoms with van der Waals surface area (Å²) in [6.07, 6.45) is 8.14. The Balaban J connectivity index is 1.66. The van der Waals surface area contributed by atoms with Crippen molar-refractivity contribution < 1.29 is 0 Å². The molecule has 0 aromatic carbocycles. The van der Waals surface area contributed by atoms with Crippen LogP contribution in [0.25, 0.3) is 0 Å². The average molecular weight is 250 g/mol. The average Bonchev–Trinajstić information content (AvgIpc) is 2.59. The number of hydrogen-bond acceptors (Lipinski definition) is 3. The first-order valence-electron chi connectivity index (χ1n) is 7.00. The molecule has 1 aromatic rings. The van der Waals surface area contributed by atoms with Crippen LogP contribution in [0.3, 0.4) is 0 Å². The quantitative estimate of drug-likeness (QED) is 0.890. The minimum Gasteiger partial charge on any atom is -0.316 e. The van der Waals surface area contributed by atoms with E-state index in [-0.39, 0.29) is 0 Å². The van der Waals surface area contributed by atoms with Gasteiger partial charge in [0, 0.05) is 10.8 Å². The fourth-order valence-corrected chi connectivity index (χ4v) is 4.18. The van der Waals surface area contributed by atoms with E-state index in [1.807, 2.05) is 11.3 Å². The predicted octanol–water partition coefficient (Wildman–Crippen LogP) is 3.26. The molecular formula is C14H22N2S. The van der Waals surface area contributed by atoms with E-state index >= 15 is 0 Å². The first-order chi connectivity index (χ1) is 8.33. The van der Waals surface area contributed by atoms with Gasteiger partial charge in [0.1, 0.15) is 0 Å². The van der Waals surface area contributed by atoms with Gasteiger partial charge in [0.25, 0.3) is 0 Å². The smallest absolute Gasteiger partial charge is 0.0961 e. The molecule has 1 aromatic heterocycles. The van der Waals surface area contributed by atoms with Crippen molar-refractivity contribution in [1.29, 1.82) is 0 Å². The van der Waals surface area contributed by atoms with Gasteiger partial charge < -0.3 is 5.32 Å². The van der Waals surface area contributed by atoms with Gasteiger partial charge in [0.15, 0.2) is 0 Å². The Hall–Kier alpha value is -0.410. The van der Waals surface area contributed by atoms with Crippen molar-refractivity contribution >= 4 is 11.3 Å². The Kier molecular flexibility index (Phi) is 3.48. The number of thiazole rings is 1. The molecule has 1 atom stereocenters. The summed E-state index contributed by atoms with van der Waals surface area (Å²) in [5.74, 6) is 1.65. The number of piperidine rings is 1. The lowest BCUT2D eigenvalue weighted by Gasteiger charge is -2.23. The topological polar surface area (TPSA) is 24.9 Å². The highest BCUT2D eigenvalue weighted by atomic mass is 32.1. The second-order valence-corrected chi connectivity index (χ2v) is 6.72. The van der Waals surface area contributed by atoms with E-state index in [9.17, 15) is 0 Å². The van der Waals surface area contributed by atoms with Crippen LogP contribution in [0.15, 0.2) is 0 Å². The Morgan fingerprint density at radius 3 is 2.82 bits per heavy atom. The number of nitrogens with one attached hydrogen (secondary N) is 1. The third-order valence-electron chi connectivity index (χ3n) is 4.24. The second-order valence-electron chi connectivity index (χ2n) is 5.61. The Labute approximate surface area is 108 Å². The van der Waals surface area contributed by atoms with Crippen molar-refractivity contribution in [3.63, 3.8) is 0 Å². The lowest BCUT2D eigenvalue weighted by atomic mass is 9.86. The molecule has 2 fully saturated rings. The summed E-state index contributed by atoms with van der Waals surface area (Å²) in [5.41, 5.74) is 1.31. The van der Waals surface area contributed by atoms with Crippen LogP contribution in [0, 0.1) is 12.8 Å². The maximum Gasteiger partial charge on any atom is 0.0961 e. The molecule has 94 valence electrons. The maximum absolute atomic E-state index is 4.80. The highest BCUT2D eigenvalue weighted by Gasteiger charge is 2.24. The van der Waals surface area contributed by atoms with E-state index in [1.165, 1.54) is 62.3 Å². The molecule has 0 spiro atoms. The van der Waals surface area contributed by atoms with Crippen molar-refractivity contribution in [3.8, 4) is 0 Å². The molecule has 2 nitrogen and oxygen atoms in total. The van der Waals surface area contributed by atoms with Gasteiger partial charge in [-0.3, -0.25) is 0 Å². The molecule has 1 aliphatic carbocycles. The van der Waals surface area contributed by atoms with Crippen molar-refractivity contribution in [2.75, 3.05) is 13.1 Å². The van der Waals surface area contributed by atoms with E-state index in [0.29, 0.717) is 0 Å². The monoisotopic (exact) mass is 250 g/mol. The number of nitrogens with zero attached hydrogens (tertiary/aromatic N) is 1. The molecule has 2 heterocycles. The first kappa shape index (κ1) is 11.7. The highest BCUT2D eigenvalue weighted by molar-refractivity contribution is 7.11.